The normalized spacial score (nSPS) is 32.9. The Kier molecular flexibility index (Phi) is 2.06. The third-order valence-electron chi connectivity index (χ3n) is 3.73. The maximum atomic E-state index is 13.2. The van der Waals surface area contributed by atoms with Crippen molar-refractivity contribution >= 4 is 0 Å². The van der Waals surface area contributed by atoms with E-state index in [1.54, 1.807) is 6.08 Å². The largest absolute Gasteiger partial charge is 0.330 e. The Hall–Kier alpha value is -0.890. The van der Waals surface area contributed by atoms with E-state index >= 15 is 0 Å². The van der Waals surface area contributed by atoms with Gasteiger partial charge in [0.1, 0.15) is 5.83 Å². The Bertz CT molecular complexity index is 389. The average molecular weight is 205 g/mol. The maximum Gasteiger partial charge on any atom is 0.101 e. The van der Waals surface area contributed by atoms with Crippen LogP contribution < -0.4 is 5.73 Å². The van der Waals surface area contributed by atoms with Crippen LogP contribution in [0.3, 0.4) is 0 Å². The second-order valence-corrected chi connectivity index (χ2v) is 4.76. The van der Waals surface area contributed by atoms with Crippen LogP contribution in [-0.4, -0.2) is 6.54 Å². The SMILES string of the molecule is NCCC1=CC2C[C@H]2C2=C1CCC(F)=C2. The second kappa shape index (κ2) is 3.31. The summed E-state index contributed by atoms with van der Waals surface area (Å²) in [6.07, 6.45) is 7.81. The first-order valence-electron chi connectivity index (χ1n) is 5.80. The molecule has 0 aromatic rings. The van der Waals surface area contributed by atoms with Crippen LogP contribution in [-0.2, 0) is 0 Å². The molecule has 1 unspecified atom stereocenters. The van der Waals surface area contributed by atoms with E-state index < -0.39 is 0 Å². The molecule has 3 aliphatic carbocycles. The lowest BCUT2D eigenvalue weighted by Crippen LogP contribution is -2.10. The second-order valence-electron chi connectivity index (χ2n) is 4.76. The molecule has 15 heavy (non-hydrogen) atoms. The molecule has 0 radical (unpaired) electrons. The fraction of sp³-hybridized carbons (Fsp3) is 0.538. The number of halogens is 1. The van der Waals surface area contributed by atoms with Crippen molar-refractivity contribution in [2.75, 3.05) is 6.54 Å². The van der Waals surface area contributed by atoms with Crippen molar-refractivity contribution in [3.63, 3.8) is 0 Å². The first-order chi connectivity index (χ1) is 7.29. The fourth-order valence-corrected chi connectivity index (χ4v) is 2.90. The van der Waals surface area contributed by atoms with E-state index in [2.05, 4.69) is 6.08 Å². The van der Waals surface area contributed by atoms with Gasteiger partial charge in [0, 0.05) is 6.42 Å². The molecule has 0 heterocycles. The Morgan fingerprint density at radius 2 is 2.27 bits per heavy atom. The molecule has 0 amide bonds. The fourth-order valence-electron chi connectivity index (χ4n) is 2.90. The molecular formula is C13H16FN. The molecule has 0 aliphatic heterocycles. The van der Waals surface area contributed by atoms with E-state index in [9.17, 15) is 4.39 Å². The van der Waals surface area contributed by atoms with Crippen LogP contribution in [0.5, 0.6) is 0 Å². The average Bonchev–Trinajstić information content (AvgIpc) is 2.97. The molecule has 1 nitrogen and oxygen atoms in total. The van der Waals surface area contributed by atoms with E-state index in [0.29, 0.717) is 24.8 Å². The van der Waals surface area contributed by atoms with Crippen molar-refractivity contribution < 1.29 is 4.39 Å². The van der Waals surface area contributed by atoms with Gasteiger partial charge in [0.2, 0.25) is 0 Å². The maximum absolute atomic E-state index is 13.2. The molecule has 0 aromatic carbocycles. The summed E-state index contributed by atoms with van der Waals surface area (Å²) in [5.74, 6) is 1.38. The summed E-state index contributed by atoms with van der Waals surface area (Å²) in [4.78, 5) is 0. The highest BCUT2D eigenvalue weighted by atomic mass is 19.1. The summed E-state index contributed by atoms with van der Waals surface area (Å²) in [7, 11) is 0. The molecule has 0 saturated heterocycles. The number of hydrogen-bond acceptors (Lipinski definition) is 1. The summed E-state index contributed by atoms with van der Waals surface area (Å²) in [6.45, 7) is 0.701. The van der Waals surface area contributed by atoms with Crippen molar-refractivity contribution in [2.24, 2.45) is 17.6 Å². The Morgan fingerprint density at radius 1 is 1.40 bits per heavy atom. The number of allylic oxidation sites excluding steroid dienone is 5. The number of fused-ring (bicyclic) bond motifs is 2. The lowest BCUT2D eigenvalue weighted by molar-refractivity contribution is 0.573. The summed E-state index contributed by atoms with van der Waals surface area (Å²) >= 11 is 0. The zero-order chi connectivity index (χ0) is 10.4. The summed E-state index contributed by atoms with van der Waals surface area (Å²) in [5, 5.41) is 0. The molecule has 3 aliphatic rings. The number of rotatable bonds is 2. The molecule has 1 fully saturated rings. The summed E-state index contributed by atoms with van der Waals surface area (Å²) in [5.41, 5.74) is 9.70. The van der Waals surface area contributed by atoms with Gasteiger partial charge in [-0.1, -0.05) is 6.08 Å². The van der Waals surface area contributed by atoms with Crippen LogP contribution in [0.15, 0.2) is 34.7 Å². The minimum Gasteiger partial charge on any atom is -0.330 e. The van der Waals surface area contributed by atoms with E-state index in [1.165, 1.54) is 23.1 Å². The monoisotopic (exact) mass is 205 g/mol. The van der Waals surface area contributed by atoms with Crippen molar-refractivity contribution in [3.05, 3.63) is 34.7 Å². The van der Waals surface area contributed by atoms with Gasteiger partial charge in [0.25, 0.3) is 0 Å². The van der Waals surface area contributed by atoms with Crippen molar-refractivity contribution in [3.8, 4) is 0 Å². The first-order valence-corrected chi connectivity index (χ1v) is 5.80. The minimum absolute atomic E-state index is 0.0633. The van der Waals surface area contributed by atoms with Crippen LogP contribution in [0.4, 0.5) is 4.39 Å². The highest BCUT2D eigenvalue weighted by Gasteiger charge is 2.42. The van der Waals surface area contributed by atoms with Gasteiger partial charge in [-0.2, -0.15) is 0 Å². The highest BCUT2D eigenvalue weighted by molar-refractivity contribution is 5.51. The van der Waals surface area contributed by atoms with Crippen LogP contribution in [0.25, 0.3) is 0 Å². The molecule has 3 rings (SSSR count). The third kappa shape index (κ3) is 1.48. The lowest BCUT2D eigenvalue weighted by atomic mass is 9.83. The molecule has 0 aromatic heterocycles. The van der Waals surface area contributed by atoms with Crippen LogP contribution in [0.1, 0.15) is 25.7 Å². The molecular weight excluding hydrogens is 189 g/mol. The number of nitrogens with two attached hydrogens (primary N) is 1. The lowest BCUT2D eigenvalue weighted by Gasteiger charge is -2.23. The Balaban J connectivity index is 1.98. The van der Waals surface area contributed by atoms with E-state index in [0.717, 1.165) is 12.8 Å². The topological polar surface area (TPSA) is 26.0 Å². The van der Waals surface area contributed by atoms with E-state index in [4.69, 9.17) is 5.73 Å². The summed E-state index contributed by atoms with van der Waals surface area (Å²) < 4.78 is 13.2. The number of hydrogen-bond donors (Lipinski definition) is 1. The van der Waals surface area contributed by atoms with Gasteiger partial charge < -0.3 is 5.73 Å². The predicted octanol–water partition coefficient (Wildman–Crippen LogP) is 2.86. The minimum atomic E-state index is 0.0633. The zero-order valence-electron chi connectivity index (χ0n) is 8.80. The molecule has 2 N–H and O–H groups in total. The predicted molar refractivity (Wildman–Crippen MR) is 58.8 cm³/mol. The molecule has 80 valence electrons. The van der Waals surface area contributed by atoms with Crippen molar-refractivity contribution in [1.29, 1.82) is 0 Å². The molecule has 0 bridgehead atoms. The molecule has 2 atom stereocenters. The van der Waals surface area contributed by atoms with Crippen molar-refractivity contribution in [1.82, 2.24) is 0 Å². The highest BCUT2D eigenvalue weighted by Crippen LogP contribution is 2.54. The van der Waals surface area contributed by atoms with Gasteiger partial charge >= 0.3 is 0 Å². The molecule has 1 saturated carbocycles. The first kappa shape index (κ1) is 9.34. The van der Waals surface area contributed by atoms with Crippen molar-refractivity contribution in [2.45, 2.75) is 25.7 Å². The van der Waals surface area contributed by atoms with Gasteiger partial charge in [-0.3, -0.25) is 0 Å². The molecule has 2 heteroatoms. The van der Waals surface area contributed by atoms with Crippen LogP contribution in [0.2, 0.25) is 0 Å². The summed E-state index contributed by atoms with van der Waals surface area (Å²) in [6, 6.07) is 0. The smallest absolute Gasteiger partial charge is 0.101 e. The van der Waals surface area contributed by atoms with Gasteiger partial charge in [-0.15, -0.1) is 0 Å². The van der Waals surface area contributed by atoms with Gasteiger partial charge in [0.15, 0.2) is 0 Å². The quantitative estimate of drug-likeness (QED) is 0.737. The Labute approximate surface area is 89.5 Å². The Morgan fingerprint density at radius 3 is 3.07 bits per heavy atom. The van der Waals surface area contributed by atoms with Gasteiger partial charge in [-0.25, -0.2) is 4.39 Å². The van der Waals surface area contributed by atoms with Gasteiger partial charge in [0.05, 0.1) is 0 Å². The van der Waals surface area contributed by atoms with Crippen LogP contribution in [0, 0.1) is 11.8 Å². The molecule has 0 spiro atoms. The van der Waals surface area contributed by atoms with Gasteiger partial charge in [-0.05, 0) is 60.4 Å². The standard InChI is InChI=1S/C13H16FN/c14-10-1-2-11-8(3-4-15)5-9-6-12(9)13(11)7-10/h5,7,9,12H,1-4,6,15H2/t9?,12-/m1/s1. The third-order valence-corrected chi connectivity index (χ3v) is 3.73. The van der Waals surface area contributed by atoms with E-state index in [-0.39, 0.29) is 5.83 Å². The zero-order valence-corrected chi connectivity index (χ0v) is 8.80. The van der Waals surface area contributed by atoms with Crippen LogP contribution >= 0.6 is 0 Å². The van der Waals surface area contributed by atoms with E-state index in [1.807, 2.05) is 0 Å².